The molecular weight excluding hydrogens is 170 g/mol. The fraction of sp³-hybridized carbons (Fsp3) is 0.125. The summed E-state index contributed by atoms with van der Waals surface area (Å²) in [7, 11) is 1.58. The number of hydrogen-bond acceptors (Lipinski definition) is 4. The molecule has 1 aromatic heterocycles. The molecule has 2 N–H and O–H groups in total. The molecule has 1 heterocycles. The lowest BCUT2D eigenvalue weighted by atomic mass is 10.2. The molecular formula is C8H9N3O2. The molecule has 0 aliphatic carbocycles. The van der Waals surface area contributed by atoms with Crippen LogP contribution in [-0.2, 0) is 11.8 Å². The molecule has 0 aromatic carbocycles. The number of aldehydes is 1. The Bertz CT molecular complexity index is 406. The van der Waals surface area contributed by atoms with E-state index in [1.165, 1.54) is 17.0 Å². The van der Waals surface area contributed by atoms with Gasteiger partial charge in [0.1, 0.15) is 5.69 Å². The number of nitrogens with two attached hydrogens (primary N) is 1. The SMILES string of the molecule is Cn1ccnc(/C(C=O)=C\N)c1=O. The van der Waals surface area contributed by atoms with E-state index in [1.54, 1.807) is 7.05 Å². The molecule has 0 aliphatic rings. The standard InChI is InChI=1S/C8H9N3O2/c1-11-3-2-10-7(8(11)13)6(4-9)5-12/h2-5H,9H2,1H3/b6-4-. The van der Waals surface area contributed by atoms with Crippen LogP contribution in [0.1, 0.15) is 5.69 Å². The summed E-state index contributed by atoms with van der Waals surface area (Å²) in [5.74, 6) is 0. The summed E-state index contributed by atoms with van der Waals surface area (Å²) < 4.78 is 1.33. The predicted molar refractivity (Wildman–Crippen MR) is 47.7 cm³/mol. The third-order valence-corrected chi connectivity index (χ3v) is 1.60. The summed E-state index contributed by atoms with van der Waals surface area (Å²) in [6.07, 6.45) is 4.51. The van der Waals surface area contributed by atoms with Crippen LogP contribution >= 0.6 is 0 Å². The normalized spacial score (nSPS) is 11.3. The first-order chi connectivity index (χ1) is 6.20. The Morgan fingerprint density at radius 1 is 1.69 bits per heavy atom. The van der Waals surface area contributed by atoms with Gasteiger partial charge in [0, 0.05) is 25.6 Å². The molecule has 0 aliphatic heterocycles. The summed E-state index contributed by atoms with van der Waals surface area (Å²) in [6, 6.07) is 0. The largest absolute Gasteiger partial charge is 0.404 e. The van der Waals surface area contributed by atoms with Crippen molar-refractivity contribution in [3.63, 3.8) is 0 Å². The van der Waals surface area contributed by atoms with Gasteiger partial charge in [-0.2, -0.15) is 0 Å². The van der Waals surface area contributed by atoms with Crippen LogP contribution in [0.15, 0.2) is 23.4 Å². The maximum absolute atomic E-state index is 11.4. The minimum atomic E-state index is -0.341. The van der Waals surface area contributed by atoms with Crippen LogP contribution in [-0.4, -0.2) is 15.8 Å². The van der Waals surface area contributed by atoms with Gasteiger partial charge in [0.15, 0.2) is 6.29 Å². The van der Waals surface area contributed by atoms with Crippen LogP contribution < -0.4 is 11.3 Å². The van der Waals surface area contributed by atoms with Crippen LogP contribution in [0.4, 0.5) is 0 Å². The predicted octanol–water partition coefficient (Wildman–Crippen LogP) is -0.721. The zero-order chi connectivity index (χ0) is 9.84. The quantitative estimate of drug-likeness (QED) is 0.480. The number of hydrogen-bond donors (Lipinski definition) is 1. The molecule has 0 unspecified atom stereocenters. The highest BCUT2D eigenvalue weighted by molar-refractivity contribution is 6.05. The number of carbonyl (C=O) groups excluding carboxylic acids is 1. The number of rotatable bonds is 2. The maximum atomic E-state index is 11.4. The lowest BCUT2D eigenvalue weighted by Crippen LogP contribution is -2.22. The van der Waals surface area contributed by atoms with E-state index in [0.29, 0.717) is 6.29 Å². The van der Waals surface area contributed by atoms with Crippen molar-refractivity contribution in [2.75, 3.05) is 0 Å². The molecule has 68 valence electrons. The second-order valence-corrected chi connectivity index (χ2v) is 2.43. The Hall–Kier alpha value is -1.91. The van der Waals surface area contributed by atoms with Crippen LogP contribution in [0, 0.1) is 0 Å². The Labute approximate surface area is 74.5 Å². The highest BCUT2D eigenvalue weighted by Gasteiger charge is 2.06. The molecule has 5 heteroatoms. The smallest absolute Gasteiger partial charge is 0.276 e. The van der Waals surface area contributed by atoms with Gasteiger partial charge in [0.05, 0.1) is 5.57 Å². The molecule has 1 rings (SSSR count). The summed E-state index contributed by atoms with van der Waals surface area (Å²) in [5.41, 5.74) is 4.98. The van der Waals surface area contributed by atoms with Crippen LogP contribution in [0.3, 0.4) is 0 Å². The van der Waals surface area contributed by atoms with Gasteiger partial charge in [-0.15, -0.1) is 0 Å². The Morgan fingerprint density at radius 3 is 2.92 bits per heavy atom. The second kappa shape index (κ2) is 3.66. The minimum absolute atomic E-state index is 0.0718. The molecule has 0 spiro atoms. The van der Waals surface area contributed by atoms with Crippen molar-refractivity contribution in [2.24, 2.45) is 12.8 Å². The molecule has 13 heavy (non-hydrogen) atoms. The van der Waals surface area contributed by atoms with E-state index in [1.807, 2.05) is 0 Å². The first kappa shape index (κ1) is 9.18. The summed E-state index contributed by atoms with van der Waals surface area (Å²) in [5, 5.41) is 0. The van der Waals surface area contributed by atoms with Crippen molar-refractivity contribution in [2.45, 2.75) is 0 Å². The van der Waals surface area contributed by atoms with Gasteiger partial charge in [-0.05, 0) is 0 Å². The molecule has 0 saturated heterocycles. The molecule has 5 nitrogen and oxygen atoms in total. The molecule has 1 aromatic rings. The van der Waals surface area contributed by atoms with Crippen molar-refractivity contribution in [1.29, 1.82) is 0 Å². The monoisotopic (exact) mass is 179 g/mol. The third kappa shape index (κ3) is 1.64. The van der Waals surface area contributed by atoms with Crippen LogP contribution in [0.2, 0.25) is 0 Å². The maximum Gasteiger partial charge on any atom is 0.276 e. The van der Waals surface area contributed by atoms with E-state index in [-0.39, 0.29) is 16.8 Å². The van der Waals surface area contributed by atoms with E-state index in [0.717, 1.165) is 6.20 Å². The average molecular weight is 179 g/mol. The minimum Gasteiger partial charge on any atom is -0.404 e. The number of allylic oxidation sites excluding steroid dienone is 1. The van der Waals surface area contributed by atoms with E-state index in [2.05, 4.69) is 4.98 Å². The van der Waals surface area contributed by atoms with Crippen molar-refractivity contribution in [1.82, 2.24) is 9.55 Å². The fourth-order valence-corrected chi connectivity index (χ4v) is 0.870. The van der Waals surface area contributed by atoms with Crippen molar-refractivity contribution in [3.8, 4) is 0 Å². The van der Waals surface area contributed by atoms with E-state index in [9.17, 15) is 9.59 Å². The van der Waals surface area contributed by atoms with Crippen LogP contribution in [0.25, 0.3) is 5.57 Å². The zero-order valence-electron chi connectivity index (χ0n) is 7.10. The van der Waals surface area contributed by atoms with E-state index < -0.39 is 0 Å². The topological polar surface area (TPSA) is 78.0 Å². The van der Waals surface area contributed by atoms with E-state index in [4.69, 9.17) is 5.73 Å². The highest BCUT2D eigenvalue weighted by atomic mass is 16.1. The van der Waals surface area contributed by atoms with Gasteiger partial charge in [0.25, 0.3) is 5.56 Å². The first-order valence-electron chi connectivity index (χ1n) is 3.59. The lowest BCUT2D eigenvalue weighted by molar-refractivity contribution is -0.103. The van der Waals surface area contributed by atoms with Crippen molar-refractivity contribution >= 4 is 11.9 Å². The van der Waals surface area contributed by atoms with Gasteiger partial charge >= 0.3 is 0 Å². The number of aromatic nitrogens is 2. The Balaban J connectivity index is 3.39. The third-order valence-electron chi connectivity index (χ3n) is 1.60. The first-order valence-corrected chi connectivity index (χ1v) is 3.59. The van der Waals surface area contributed by atoms with Crippen molar-refractivity contribution in [3.05, 3.63) is 34.6 Å². The highest BCUT2D eigenvalue weighted by Crippen LogP contribution is 1.99. The Kier molecular flexibility index (Phi) is 2.59. The van der Waals surface area contributed by atoms with Gasteiger partial charge < -0.3 is 10.3 Å². The van der Waals surface area contributed by atoms with E-state index >= 15 is 0 Å². The summed E-state index contributed by atoms with van der Waals surface area (Å²) in [6.45, 7) is 0. The number of carbonyl (C=O) groups is 1. The molecule has 0 amide bonds. The van der Waals surface area contributed by atoms with Gasteiger partial charge in [-0.1, -0.05) is 0 Å². The zero-order valence-corrected chi connectivity index (χ0v) is 7.10. The summed E-state index contributed by atoms with van der Waals surface area (Å²) >= 11 is 0. The van der Waals surface area contributed by atoms with Gasteiger partial charge in [-0.25, -0.2) is 4.98 Å². The Morgan fingerprint density at radius 2 is 2.38 bits per heavy atom. The second-order valence-electron chi connectivity index (χ2n) is 2.43. The van der Waals surface area contributed by atoms with Gasteiger partial charge in [0.2, 0.25) is 0 Å². The molecule has 0 saturated carbocycles. The number of aryl methyl sites for hydroxylation is 1. The van der Waals surface area contributed by atoms with Crippen LogP contribution in [0.5, 0.6) is 0 Å². The average Bonchev–Trinajstić information content (AvgIpc) is 2.14. The molecule has 0 atom stereocenters. The lowest BCUT2D eigenvalue weighted by Gasteiger charge is -1.99. The molecule has 0 fully saturated rings. The molecule has 0 bridgehead atoms. The fourth-order valence-electron chi connectivity index (χ4n) is 0.870. The number of nitrogens with zero attached hydrogens (tertiary/aromatic N) is 2. The van der Waals surface area contributed by atoms with Gasteiger partial charge in [-0.3, -0.25) is 9.59 Å². The van der Waals surface area contributed by atoms with Crippen molar-refractivity contribution < 1.29 is 4.79 Å². The molecule has 0 radical (unpaired) electrons. The summed E-state index contributed by atoms with van der Waals surface area (Å²) in [4.78, 5) is 25.6.